The van der Waals surface area contributed by atoms with Crippen molar-refractivity contribution >= 4 is 28.7 Å². The molecule has 70 valence electrons. The molecule has 0 radical (unpaired) electrons. The molecule has 1 fully saturated rings. The zero-order chi connectivity index (χ0) is 9.30. The minimum atomic E-state index is -1.11. The summed E-state index contributed by atoms with van der Waals surface area (Å²) >= 11 is 1.50. The van der Waals surface area contributed by atoms with Gasteiger partial charge in [-0.2, -0.15) is 0 Å². The Morgan fingerprint density at radius 1 is 1.67 bits per heavy atom. The lowest BCUT2D eigenvalue weighted by molar-refractivity contribution is -0.125. The first-order valence-corrected chi connectivity index (χ1v) is 6.29. The number of thioether (sulfide) groups is 1. The van der Waals surface area contributed by atoms with Gasteiger partial charge in [0.05, 0.1) is 6.42 Å². The summed E-state index contributed by atoms with van der Waals surface area (Å²) < 4.78 is 13.0. The van der Waals surface area contributed by atoms with Crippen LogP contribution in [-0.2, 0) is 15.8 Å². The standard InChI is InChI=1S/C7H13NO2S2/c1-5(2)8-6(9)4-7(11-3)12(8)10/h5,7H,4H2,1-3H3. The van der Waals surface area contributed by atoms with E-state index >= 15 is 0 Å². The predicted octanol–water partition coefficient (Wildman–Crippen LogP) is 0.980. The molecule has 0 aromatic rings. The van der Waals surface area contributed by atoms with E-state index in [0.717, 1.165) is 0 Å². The molecule has 0 bridgehead atoms. The lowest BCUT2D eigenvalue weighted by atomic mass is 10.3. The largest absolute Gasteiger partial charge is 0.274 e. The Hall–Kier alpha value is -0.0300. The zero-order valence-electron chi connectivity index (χ0n) is 7.44. The Kier molecular flexibility index (Phi) is 3.17. The molecule has 1 aliphatic rings. The van der Waals surface area contributed by atoms with E-state index in [1.54, 1.807) is 0 Å². The molecule has 1 rings (SSSR count). The van der Waals surface area contributed by atoms with Crippen LogP contribution in [0.3, 0.4) is 0 Å². The van der Waals surface area contributed by atoms with E-state index in [4.69, 9.17) is 0 Å². The summed E-state index contributed by atoms with van der Waals surface area (Å²) in [5.74, 6) is 0.0164. The summed E-state index contributed by atoms with van der Waals surface area (Å²) in [5.41, 5.74) is 0. The SMILES string of the molecule is CSC1CC(=O)N(C(C)C)S1=O. The maximum Gasteiger partial charge on any atom is 0.236 e. The fraction of sp³-hybridized carbons (Fsp3) is 0.857. The van der Waals surface area contributed by atoms with Gasteiger partial charge in [0, 0.05) is 6.04 Å². The molecule has 2 atom stereocenters. The summed E-state index contributed by atoms with van der Waals surface area (Å²) in [4.78, 5) is 11.3. The number of rotatable bonds is 2. The van der Waals surface area contributed by atoms with Crippen molar-refractivity contribution in [3.05, 3.63) is 0 Å². The highest BCUT2D eigenvalue weighted by atomic mass is 32.2. The van der Waals surface area contributed by atoms with Crippen molar-refractivity contribution in [2.24, 2.45) is 0 Å². The molecule has 5 heteroatoms. The van der Waals surface area contributed by atoms with Gasteiger partial charge in [0.15, 0.2) is 0 Å². The molecule has 12 heavy (non-hydrogen) atoms. The van der Waals surface area contributed by atoms with Crippen molar-refractivity contribution in [2.75, 3.05) is 6.26 Å². The Balaban J connectivity index is 2.77. The maximum atomic E-state index is 11.6. The first kappa shape index (κ1) is 10.1. The number of amides is 1. The fourth-order valence-corrected chi connectivity index (χ4v) is 3.67. The third-order valence-electron chi connectivity index (χ3n) is 1.74. The second kappa shape index (κ2) is 3.79. The van der Waals surface area contributed by atoms with Gasteiger partial charge >= 0.3 is 0 Å². The normalized spacial score (nSPS) is 30.3. The van der Waals surface area contributed by atoms with Gasteiger partial charge in [-0.15, -0.1) is 11.8 Å². The van der Waals surface area contributed by atoms with Gasteiger partial charge in [-0.1, -0.05) is 0 Å². The van der Waals surface area contributed by atoms with Crippen molar-refractivity contribution < 1.29 is 9.00 Å². The van der Waals surface area contributed by atoms with Gasteiger partial charge < -0.3 is 0 Å². The molecule has 1 heterocycles. The molecule has 0 aromatic heterocycles. The van der Waals surface area contributed by atoms with E-state index in [1.807, 2.05) is 20.1 Å². The summed E-state index contributed by atoms with van der Waals surface area (Å²) in [6.45, 7) is 3.77. The van der Waals surface area contributed by atoms with Gasteiger partial charge in [0.25, 0.3) is 0 Å². The second-order valence-electron chi connectivity index (χ2n) is 2.96. The van der Waals surface area contributed by atoms with Crippen LogP contribution in [0, 0.1) is 0 Å². The van der Waals surface area contributed by atoms with Crippen LogP contribution >= 0.6 is 11.8 Å². The molecule has 0 N–H and O–H groups in total. The Morgan fingerprint density at radius 2 is 2.25 bits per heavy atom. The zero-order valence-corrected chi connectivity index (χ0v) is 9.08. The van der Waals surface area contributed by atoms with Gasteiger partial charge in [0.2, 0.25) is 5.91 Å². The lowest BCUT2D eigenvalue weighted by Gasteiger charge is -2.18. The number of nitrogens with zero attached hydrogens (tertiary/aromatic N) is 1. The van der Waals surface area contributed by atoms with Gasteiger partial charge in [0.1, 0.15) is 15.6 Å². The molecule has 1 saturated heterocycles. The van der Waals surface area contributed by atoms with Crippen molar-refractivity contribution in [1.82, 2.24) is 4.31 Å². The minimum Gasteiger partial charge on any atom is -0.274 e. The number of carbonyl (C=O) groups is 1. The summed E-state index contributed by atoms with van der Waals surface area (Å²) in [7, 11) is -1.11. The fourth-order valence-electron chi connectivity index (χ4n) is 1.19. The summed E-state index contributed by atoms with van der Waals surface area (Å²) in [6.07, 6.45) is 2.31. The number of hydrogen-bond donors (Lipinski definition) is 0. The monoisotopic (exact) mass is 207 g/mol. The number of hydrogen-bond acceptors (Lipinski definition) is 3. The molecular weight excluding hydrogens is 194 g/mol. The van der Waals surface area contributed by atoms with Crippen LogP contribution < -0.4 is 0 Å². The molecule has 2 unspecified atom stereocenters. The number of carbonyl (C=O) groups excluding carboxylic acids is 1. The van der Waals surface area contributed by atoms with Crippen LogP contribution in [-0.4, -0.2) is 31.3 Å². The van der Waals surface area contributed by atoms with E-state index in [-0.39, 0.29) is 16.5 Å². The summed E-state index contributed by atoms with van der Waals surface area (Å²) in [6, 6.07) is 0.0514. The quantitative estimate of drug-likeness (QED) is 0.677. The second-order valence-corrected chi connectivity index (χ2v) is 5.81. The van der Waals surface area contributed by atoms with E-state index < -0.39 is 11.0 Å². The first-order valence-electron chi connectivity index (χ1n) is 3.83. The van der Waals surface area contributed by atoms with Crippen LogP contribution in [0.5, 0.6) is 0 Å². The predicted molar refractivity (Wildman–Crippen MR) is 52.0 cm³/mol. The Morgan fingerprint density at radius 3 is 2.50 bits per heavy atom. The molecule has 1 amide bonds. The third kappa shape index (κ3) is 1.66. The van der Waals surface area contributed by atoms with E-state index in [1.165, 1.54) is 16.1 Å². The van der Waals surface area contributed by atoms with E-state index in [0.29, 0.717) is 6.42 Å². The highest BCUT2D eigenvalue weighted by Gasteiger charge is 2.38. The third-order valence-corrected chi connectivity index (χ3v) is 5.13. The van der Waals surface area contributed by atoms with Crippen molar-refractivity contribution in [3.8, 4) is 0 Å². The highest BCUT2D eigenvalue weighted by Crippen LogP contribution is 2.28. The Labute approximate surface area is 79.5 Å². The van der Waals surface area contributed by atoms with Gasteiger partial charge in [-0.25, -0.2) is 4.21 Å². The van der Waals surface area contributed by atoms with Crippen molar-refractivity contribution in [1.29, 1.82) is 0 Å². The van der Waals surface area contributed by atoms with Crippen molar-refractivity contribution in [3.63, 3.8) is 0 Å². The Bertz CT molecular complexity index is 217. The van der Waals surface area contributed by atoms with Gasteiger partial charge in [-0.3, -0.25) is 9.10 Å². The van der Waals surface area contributed by atoms with Crippen LogP contribution in [0.2, 0.25) is 0 Å². The van der Waals surface area contributed by atoms with Gasteiger partial charge in [-0.05, 0) is 20.1 Å². The van der Waals surface area contributed by atoms with E-state index in [9.17, 15) is 9.00 Å². The lowest BCUT2D eigenvalue weighted by Crippen LogP contribution is -2.32. The van der Waals surface area contributed by atoms with Crippen LogP contribution in [0.1, 0.15) is 20.3 Å². The molecule has 0 saturated carbocycles. The van der Waals surface area contributed by atoms with Crippen molar-refractivity contribution in [2.45, 2.75) is 30.9 Å². The van der Waals surface area contributed by atoms with Crippen LogP contribution in [0.15, 0.2) is 0 Å². The molecule has 1 aliphatic heterocycles. The molecule has 0 aromatic carbocycles. The average Bonchev–Trinajstić information content (AvgIpc) is 2.25. The highest BCUT2D eigenvalue weighted by molar-refractivity contribution is 8.10. The smallest absolute Gasteiger partial charge is 0.236 e. The summed E-state index contributed by atoms with van der Waals surface area (Å²) in [5, 5.41) is 0. The van der Waals surface area contributed by atoms with E-state index in [2.05, 4.69) is 0 Å². The first-order chi connectivity index (χ1) is 5.57. The minimum absolute atomic E-state index is 0.0164. The molecule has 0 spiro atoms. The molecule has 0 aliphatic carbocycles. The maximum absolute atomic E-state index is 11.6. The van der Waals surface area contributed by atoms with Crippen LogP contribution in [0.25, 0.3) is 0 Å². The molecular formula is C7H13NO2S2. The topological polar surface area (TPSA) is 37.4 Å². The average molecular weight is 207 g/mol. The molecule has 3 nitrogen and oxygen atoms in total. The van der Waals surface area contributed by atoms with Crippen LogP contribution in [0.4, 0.5) is 0 Å².